The van der Waals surface area contributed by atoms with E-state index in [2.05, 4.69) is 15.0 Å². The minimum Gasteiger partial charge on any atom is -0.395 e. The number of halogens is 2. The summed E-state index contributed by atoms with van der Waals surface area (Å²) in [4.78, 5) is 12.9. The Balaban J connectivity index is 2.87. The molecule has 0 aromatic carbocycles. The van der Waals surface area contributed by atoms with Crippen LogP contribution in [-0.4, -0.2) is 40.3 Å². The number of likely N-dealkylation sites (N-methyl/N-ethyl adjacent to an activating group) is 1. The van der Waals surface area contributed by atoms with Crippen molar-refractivity contribution in [2.24, 2.45) is 0 Å². The zero-order valence-corrected chi connectivity index (χ0v) is 8.42. The van der Waals surface area contributed by atoms with Gasteiger partial charge in [0.25, 0.3) is 0 Å². The van der Waals surface area contributed by atoms with E-state index in [0.717, 1.165) is 0 Å². The fraction of sp³-hybridized carbons (Fsp3) is 0.500. The van der Waals surface area contributed by atoms with E-state index >= 15 is 0 Å². The molecule has 13 heavy (non-hydrogen) atoms. The summed E-state index contributed by atoms with van der Waals surface area (Å²) in [5, 5.41) is 8.74. The normalized spacial score (nSPS) is 10.2. The number of hydrogen-bond acceptors (Lipinski definition) is 5. The van der Waals surface area contributed by atoms with Gasteiger partial charge in [0.1, 0.15) is 0 Å². The van der Waals surface area contributed by atoms with Crippen LogP contribution in [0.15, 0.2) is 0 Å². The smallest absolute Gasteiger partial charge is 0.230 e. The van der Waals surface area contributed by atoms with Gasteiger partial charge in [0, 0.05) is 13.6 Å². The van der Waals surface area contributed by atoms with Crippen LogP contribution in [0.4, 0.5) is 5.95 Å². The van der Waals surface area contributed by atoms with E-state index < -0.39 is 0 Å². The average molecular weight is 223 g/mol. The van der Waals surface area contributed by atoms with Crippen LogP contribution in [0.25, 0.3) is 0 Å². The molecule has 1 aromatic rings. The summed E-state index contributed by atoms with van der Waals surface area (Å²) in [6.45, 7) is 0.425. The average Bonchev–Trinajstić information content (AvgIpc) is 2.03. The van der Waals surface area contributed by atoms with E-state index in [4.69, 9.17) is 28.3 Å². The summed E-state index contributed by atoms with van der Waals surface area (Å²) in [6.07, 6.45) is 0. The van der Waals surface area contributed by atoms with Crippen molar-refractivity contribution >= 4 is 29.2 Å². The molecule has 0 saturated carbocycles. The van der Waals surface area contributed by atoms with Crippen molar-refractivity contribution in [3.8, 4) is 0 Å². The molecule has 0 amide bonds. The molecule has 72 valence electrons. The third kappa shape index (κ3) is 2.95. The van der Waals surface area contributed by atoms with Gasteiger partial charge in [-0.2, -0.15) is 15.0 Å². The molecule has 0 aliphatic heterocycles. The molecule has 1 rings (SSSR count). The number of hydrogen-bond donors (Lipinski definition) is 1. The first kappa shape index (κ1) is 10.4. The molecular formula is C6H8Cl2N4O. The predicted octanol–water partition coefficient (Wildman–Crippen LogP) is 0.607. The van der Waals surface area contributed by atoms with Crippen LogP contribution in [0.3, 0.4) is 0 Å². The monoisotopic (exact) mass is 222 g/mol. The van der Waals surface area contributed by atoms with Crippen molar-refractivity contribution in [3.63, 3.8) is 0 Å². The summed E-state index contributed by atoms with van der Waals surface area (Å²) in [6, 6.07) is 0. The van der Waals surface area contributed by atoms with Gasteiger partial charge in [-0.05, 0) is 23.2 Å². The maximum Gasteiger partial charge on any atom is 0.230 e. The van der Waals surface area contributed by atoms with Crippen LogP contribution >= 0.6 is 23.2 Å². The third-order valence-electron chi connectivity index (χ3n) is 1.35. The van der Waals surface area contributed by atoms with Crippen molar-refractivity contribution in [3.05, 3.63) is 10.6 Å². The van der Waals surface area contributed by atoms with E-state index in [-0.39, 0.29) is 17.2 Å². The highest BCUT2D eigenvalue weighted by molar-refractivity contribution is 6.31. The summed E-state index contributed by atoms with van der Waals surface area (Å²) >= 11 is 11.1. The SMILES string of the molecule is CN(CCO)c1nc(Cl)nc(Cl)n1. The zero-order valence-electron chi connectivity index (χ0n) is 6.91. The molecule has 0 aliphatic carbocycles. The van der Waals surface area contributed by atoms with E-state index in [0.29, 0.717) is 12.5 Å². The summed E-state index contributed by atoms with van der Waals surface area (Å²) < 4.78 is 0. The number of aliphatic hydroxyl groups excluding tert-OH is 1. The van der Waals surface area contributed by atoms with Gasteiger partial charge in [-0.25, -0.2) is 0 Å². The minimum absolute atomic E-state index is 0.0113. The minimum atomic E-state index is 0.0113. The fourth-order valence-corrected chi connectivity index (χ4v) is 1.09. The highest BCUT2D eigenvalue weighted by Crippen LogP contribution is 2.11. The van der Waals surface area contributed by atoms with Gasteiger partial charge >= 0.3 is 0 Å². The Bertz CT molecular complexity index is 276. The fourth-order valence-electron chi connectivity index (χ4n) is 0.737. The number of nitrogens with zero attached hydrogens (tertiary/aromatic N) is 4. The lowest BCUT2D eigenvalue weighted by Crippen LogP contribution is -2.23. The van der Waals surface area contributed by atoms with Crippen LogP contribution < -0.4 is 4.90 Å². The topological polar surface area (TPSA) is 62.1 Å². The van der Waals surface area contributed by atoms with E-state index in [1.807, 2.05) is 0 Å². The van der Waals surface area contributed by atoms with Gasteiger partial charge in [-0.1, -0.05) is 0 Å². The number of rotatable bonds is 3. The Morgan fingerprint density at radius 1 is 1.23 bits per heavy atom. The molecule has 0 atom stereocenters. The van der Waals surface area contributed by atoms with E-state index in [9.17, 15) is 0 Å². The number of aliphatic hydroxyl groups is 1. The first-order chi connectivity index (χ1) is 6.13. The molecule has 0 spiro atoms. The van der Waals surface area contributed by atoms with Crippen LogP contribution in [0, 0.1) is 0 Å². The maximum absolute atomic E-state index is 8.66. The molecule has 1 N–H and O–H groups in total. The van der Waals surface area contributed by atoms with Crippen molar-refractivity contribution in [1.29, 1.82) is 0 Å². The highest BCUT2D eigenvalue weighted by Gasteiger charge is 2.06. The second-order valence-electron chi connectivity index (χ2n) is 2.32. The van der Waals surface area contributed by atoms with Gasteiger partial charge in [0.2, 0.25) is 16.5 Å². The standard InChI is InChI=1S/C6H8Cl2N4O/c1-12(2-3-13)6-10-4(7)9-5(8)11-6/h13H,2-3H2,1H3. The van der Waals surface area contributed by atoms with E-state index in [1.54, 1.807) is 11.9 Å². The van der Waals surface area contributed by atoms with Crippen molar-refractivity contribution in [2.45, 2.75) is 0 Å². The summed E-state index contributed by atoms with van der Waals surface area (Å²) in [5.41, 5.74) is 0. The van der Waals surface area contributed by atoms with Crippen LogP contribution in [0.2, 0.25) is 10.6 Å². The Kier molecular flexibility index (Phi) is 3.65. The van der Waals surface area contributed by atoms with Crippen LogP contribution in [0.5, 0.6) is 0 Å². The Morgan fingerprint density at radius 2 is 1.77 bits per heavy atom. The van der Waals surface area contributed by atoms with Gasteiger partial charge in [-0.15, -0.1) is 0 Å². The molecule has 0 radical (unpaired) electrons. The first-order valence-electron chi connectivity index (χ1n) is 3.52. The predicted molar refractivity (Wildman–Crippen MR) is 50.2 cm³/mol. The molecule has 0 fully saturated rings. The number of anilines is 1. The largest absolute Gasteiger partial charge is 0.395 e. The first-order valence-corrected chi connectivity index (χ1v) is 4.28. The van der Waals surface area contributed by atoms with Gasteiger partial charge < -0.3 is 10.0 Å². The molecule has 0 saturated heterocycles. The quantitative estimate of drug-likeness (QED) is 0.813. The van der Waals surface area contributed by atoms with Crippen LogP contribution in [0.1, 0.15) is 0 Å². The molecule has 5 nitrogen and oxygen atoms in total. The lowest BCUT2D eigenvalue weighted by atomic mass is 10.6. The van der Waals surface area contributed by atoms with Crippen molar-refractivity contribution < 1.29 is 5.11 Å². The highest BCUT2D eigenvalue weighted by atomic mass is 35.5. The molecule has 0 bridgehead atoms. The molecular weight excluding hydrogens is 215 g/mol. The maximum atomic E-state index is 8.66. The lowest BCUT2D eigenvalue weighted by Gasteiger charge is -2.14. The number of aromatic nitrogens is 3. The van der Waals surface area contributed by atoms with Crippen molar-refractivity contribution in [2.75, 3.05) is 25.1 Å². The second-order valence-corrected chi connectivity index (χ2v) is 2.99. The molecule has 1 heterocycles. The zero-order chi connectivity index (χ0) is 9.84. The van der Waals surface area contributed by atoms with Gasteiger partial charge in [0.05, 0.1) is 6.61 Å². The molecule has 1 aromatic heterocycles. The van der Waals surface area contributed by atoms with Gasteiger partial charge in [-0.3, -0.25) is 0 Å². The Morgan fingerprint density at radius 3 is 2.23 bits per heavy atom. The lowest BCUT2D eigenvalue weighted by molar-refractivity contribution is 0.303. The third-order valence-corrected chi connectivity index (χ3v) is 1.68. The molecule has 0 aliphatic rings. The summed E-state index contributed by atoms with van der Waals surface area (Å²) in [7, 11) is 1.72. The van der Waals surface area contributed by atoms with Crippen LogP contribution in [-0.2, 0) is 0 Å². The van der Waals surface area contributed by atoms with Gasteiger partial charge in [0.15, 0.2) is 0 Å². The summed E-state index contributed by atoms with van der Waals surface area (Å²) in [5.74, 6) is 0.346. The van der Waals surface area contributed by atoms with Crippen molar-refractivity contribution in [1.82, 2.24) is 15.0 Å². The van der Waals surface area contributed by atoms with E-state index in [1.165, 1.54) is 0 Å². The Hall–Kier alpha value is -0.650. The molecule has 0 unspecified atom stereocenters. The molecule has 7 heteroatoms. The second kappa shape index (κ2) is 4.55. The Labute approximate surface area is 85.3 Å².